The van der Waals surface area contributed by atoms with Crippen LogP contribution in [-0.2, 0) is 0 Å². The molecule has 1 unspecified atom stereocenters. The van der Waals surface area contributed by atoms with Crippen LogP contribution in [0.25, 0.3) is 11.0 Å². The zero-order chi connectivity index (χ0) is 11.8. The standard InChI is InChI=1S/C12H10O5/c13-5-8-6-15-12-9(16-8)3-1-7-2-4-10(14)17-11(7)12/h1-4,8,13H,5-6H2. The average molecular weight is 234 g/mol. The molecule has 2 aromatic rings. The van der Waals surface area contributed by atoms with Gasteiger partial charge in [-0.3, -0.25) is 0 Å². The maximum Gasteiger partial charge on any atom is 0.336 e. The highest BCUT2D eigenvalue weighted by atomic mass is 16.6. The highest BCUT2D eigenvalue weighted by Gasteiger charge is 2.23. The van der Waals surface area contributed by atoms with Gasteiger partial charge in [-0.1, -0.05) is 0 Å². The van der Waals surface area contributed by atoms with Crippen molar-refractivity contribution >= 4 is 11.0 Å². The molecule has 17 heavy (non-hydrogen) atoms. The van der Waals surface area contributed by atoms with Crippen LogP contribution >= 0.6 is 0 Å². The molecule has 0 saturated heterocycles. The number of hydrogen-bond donors (Lipinski definition) is 1. The first-order chi connectivity index (χ1) is 8.28. The summed E-state index contributed by atoms with van der Waals surface area (Å²) in [5.74, 6) is 0.905. The van der Waals surface area contributed by atoms with E-state index in [9.17, 15) is 4.79 Å². The van der Waals surface area contributed by atoms with E-state index in [-0.39, 0.29) is 19.3 Å². The molecule has 0 spiro atoms. The number of aliphatic hydroxyl groups is 1. The Kier molecular flexibility index (Phi) is 2.26. The number of aliphatic hydroxyl groups excluding tert-OH is 1. The predicted octanol–water partition coefficient (Wildman–Crippen LogP) is 0.925. The van der Waals surface area contributed by atoms with Gasteiger partial charge >= 0.3 is 5.63 Å². The Morgan fingerprint density at radius 3 is 2.94 bits per heavy atom. The van der Waals surface area contributed by atoms with Crippen molar-refractivity contribution in [3.8, 4) is 11.5 Å². The molecule has 5 nitrogen and oxygen atoms in total. The summed E-state index contributed by atoms with van der Waals surface area (Å²) in [5, 5.41) is 9.77. The Hall–Kier alpha value is -2.01. The van der Waals surface area contributed by atoms with Crippen molar-refractivity contribution in [1.29, 1.82) is 0 Å². The van der Waals surface area contributed by atoms with Gasteiger partial charge in [-0.15, -0.1) is 0 Å². The normalized spacial score (nSPS) is 18.3. The third-order valence-electron chi connectivity index (χ3n) is 2.62. The molecule has 0 saturated carbocycles. The summed E-state index contributed by atoms with van der Waals surface area (Å²) in [4.78, 5) is 11.2. The van der Waals surface area contributed by atoms with Crippen LogP contribution in [0.15, 0.2) is 33.5 Å². The second-order valence-corrected chi connectivity index (χ2v) is 3.80. The number of fused-ring (bicyclic) bond motifs is 3. The fourth-order valence-corrected chi connectivity index (χ4v) is 1.80. The molecular weight excluding hydrogens is 224 g/mol. The highest BCUT2D eigenvalue weighted by Crippen LogP contribution is 2.37. The van der Waals surface area contributed by atoms with Crippen LogP contribution in [0.4, 0.5) is 0 Å². The minimum absolute atomic E-state index is 0.115. The molecule has 3 rings (SSSR count). The van der Waals surface area contributed by atoms with Crippen LogP contribution in [0.2, 0.25) is 0 Å². The molecule has 1 aliphatic heterocycles. The van der Waals surface area contributed by atoms with E-state index in [4.69, 9.17) is 19.0 Å². The maximum atomic E-state index is 11.2. The Labute approximate surface area is 96.2 Å². The van der Waals surface area contributed by atoms with Gasteiger partial charge in [-0.25, -0.2) is 4.79 Å². The van der Waals surface area contributed by atoms with Gasteiger partial charge in [-0.2, -0.15) is 0 Å². The van der Waals surface area contributed by atoms with E-state index in [0.29, 0.717) is 17.1 Å². The second kappa shape index (κ2) is 3.78. The Balaban J connectivity index is 2.19. The largest absolute Gasteiger partial charge is 0.482 e. The van der Waals surface area contributed by atoms with Gasteiger partial charge < -0.3 is 19.0 Å². The molecule has 0 fully saturated rings. The van der Waals surface area contributed by atoms with Crippen molar-refractivity contribution in [1.82, 2.24) is 0 Å². The summed E-state index contributed by atoms with van der Waals surface area (Å²) in [7, 11) is 0. The van der Waals surface area contributed by atoms with Crippen LogP contribution in [0.3, 0.4) is 0 Å². The van der Waals surface area contributed by atoms with Crippen molar-refractivity contribution in [2.75, 3.05) is 13.2 Å². The molecule has 1 atom stereocenters. The quantitative estimate of drug-likeness (QED) is 0.743. The number of hydrogen-bond acceptors (Lipinski definition) is 5. The van der Waals surface area contributed by atoms with Crippen molar-refractivity contribution in [2.24, 2.45) is 0 Å². The number of ether oxygens (including phenoxy) is 2. The van der Waals surface area contributed by atoms with Gasteiger partial charge in [0.1, 0.15) is 6.61 Å². The topological polar surface area (TPSA) is 68.9 Å². The van der Waals surface area contributed by atoms with Crippen molar-refractivity contribution in [2.45, 2.75) is 6.10 Å². The van der Waals surface area contributed by atoms with Gasteiger partial charge in [0.2, 0.25) is 5.75 Å². The summed E-state index contributed by atoms with van der Waals surface area (Å²) in [5.41, 5.74) is -0.0508. The van der Waals surface area contributed by atoms with Gasteiger partial charge in [0.05, 0.1) is 6.61 Å². The molecule has 2 heterocycles. The van der Waals surface area contributed by atoms with E-state index < -0.39 is 5.63 Å². The summed E-state index contributed by atoms with van der Waals surface area (Å²) in [6, 6.07) is 6.54. The molecule has 1 aromatic heterocycles. The highest BCUT2D eigenvalue weighted by molar-refractivity contribution is 5.85. The molecule has 0 radical (unpaired) electrons. The van der Waals surface area contributed by atoms with Crippen LogP contribution in [0, 0.1) is 0 Å². The average Bonchev–Trinajstić information content (AvgIpc) is 2.37. The summed E-state index contributed by atoms with van der Waals surface area (Å²) in [6.07, 6.45) is -0.379. The molecule has 88 valence electrons. The van der Waals surface area contributed by atoms with Crippen LogP contribution in [0.1, 0.15) is 0 Å². The minimum Gasteiger partial charge on any atom is -0.482 e. The maximum absolute atomic E-state index is 11.2. The Bertz CT molecular complexity index is 616. The minimum atomic E-state index is -0.432. The van der Waals surface area contributed by atoms with Crippen LogP contribution < -0.4 is 15.1 Å². The lowest BCUT2D eigenvalue weighted by atomic mass is 10.2. The zero-order valence-electron chi connectivity index (χ0n) is 8.88. The SMILES string of the molecule is O=c1ccc2ccc3c(c2o1)OCC(CO)O3. The first-order valence-electron chi connectivity index (χ1n) is 5.25. The van der Waals surface area contributed by atoms with E-state index in [0.717, 1.165) is 5.39 Å². The fraction of sp³-hybridized carbons (Fsp3) is 0.250. The molecule has 1 aliphatic rings. The van der Waals surface area contributed by atoms with E-state index >= 15 is 0 Å². The van der Waals surface area contributed by atoms with E-state index in [1.807, 2.05) is 0 Å². The smallest absolute Gasteiger partial charge is 0.336 e. The molecule has 1 N–H and O–H groups in total. The Morgan fingerprint density at radius 1 is 1.29 bits per heavy atom. The van der Waals surface area contributed by atoms with E-state index in [2.05, 4.69) is 0 Å². The lowest BCUT2D eigenvalue weighted by molar-refractivity contribution is 0.0460. The molecule has 1 aromatic carbocycles. The molecule has 0 amide bonds. The van der Waals surface area contributed by atoms with Gasteiger partial charge in [-0.05, 0) is 18.2 Å². The Morgan fingerprint density at radius 2 is 2.12 bits per heavy atom. The molecular formula is C12H10O5. The van der Waals surface area contributed by atoms with E-state index in [1.165, 1.54) is 6.07 Å². The summed E-state index contributed by atoms with van der Waals surface area (Å²) < 4.78 is 16.1. The monoisotopic (exact) mass is 234 g/mol. The lowest BCUT2D eigenvalue weighted by Crippen LogP contribution is -2.32. The summed E-state index contributed by atoms with van der Waals surface area (Å²) in [6.45, 7) is 0.122. The van der Waals surface area contributed by atoms with Crippen LogP contribution in [0.5, 0.6) is 11.5 Å². The fourth-order valence-electron chi connectivity index (χ4n) is 1.80. The lowest BCUT2D eigenvalue weighted by Gasteiger charge is -2.25. The number of benzene rings is 1. The number of rotatable bonds is 1. The third kappa shape index (κ3) is 1.64. The molecule has 0 aliphatic carbocycles. The van der Waals surface area contributed by atoms with Crippen molar-refractivity contribution in [3.05, 3.63) is 34.7 Å². The van der Waals surface area contributed by atoms with Gasteiger partial charge in [0.15, 0.2) is 17.4 Å². The van der Waals surface area contributed by atoms with E-state index in [1.54, 1.807) is 18.2 Å². The first kappa shape index (κ1) is 10.2. The van der Waals surface area contributed by atoms with Crippen molar-refractivity contribution in [3.63, 3.8) is 0 Å². The van der Waals surface area contributed by atoms with Gasteiger partial charge in [0, 0.05) is 11.5 Å². The third-order valence-corrected chi connectivity index (χ3v) is 2.62. The molecule has 5 heteroatoms. The zero-order valence-corrected chi connectivity index (χ0v) is 8.88. The molecule has 0 bridgehead atoms. The van der Waals surface area contributed by atoms with Gasteiger partial charge in [0.25, 0.3) is 0 Å². The predicted molar refractivity (Wildman–Crippen MR) is 59.5 cm³/mol. The summed E-state index contributed by atoms with van der Waals surface area (Å²) >= 11 is 0. The second-order valence-electron chi connectivity index (χ2n) is 3.80. The van der Waals surface area contributed by atoms with Crippen LogP contribution in [-0.4, -0.2) is 24.4 Å². The van der Waals surface area contributed by atoms with Crippen molar-refractivity contribution < 1.29 is 19.0 Å². The first-order valence-corrected chi connectivity index (χ1v) is 5.25.